The zero-order valence-electron chi connectivity index (χ0n) is 16.3. The van der Waals surface area contributed by atoms with Gasteiger partial charge >= 0.3 is 0 Å². The highest BCUT2D eigenvalue weighted by atomic mass is 16.5. The minimum Gasteiger partial charge on any atom is -0.381 e. The van der Waals surface area contributed by atoms with Crippen LogP contribution >= 0.6 is 0 Å². The van der Waals surface area contributed by atoms with E-state index in [1.54, 1.807) is 0 Å². The molecule has 0 saturated carbocycles. The van der Waals surface area contributed by atoms with E-state index in [1.807, 2.05) is 38.1 Å². The molecule has 1 aromatic heterocycles. The molecule has 1 N–H and O–H groups in total. The Morgan fingerprint density at radius 3 is 2.74 bits per heavy atom. The van der Waals surface area contributed by atoms with Gasteiger partial charge in [-0.15, -0.1) is 0 Å². The molecule has 1 aromatic carbocycles. The largest absolute Gasteiger partial charge is 0.381 e. The van der Waals surface area contributed by atoms with Crippen molar-refractivity contribution in [3.63, 3.8) is 0 Å². The zero-order chi connectivity index (χ0) is 19.2. The number of benzene rings is 1. The SMILES string of the molecule is Cc1noc(C)c1C(C)CNC(=O)c1ccccc1COC1CCOCC1. The molecular weight excluding hydrogens is 344 g/mol. The fourth-order valence-electron chi connectivity index (χ4n) is 3.55. The van der Waals surface area contributed by atoms with Crippen LogP contribution in [0.5, 0.6) is 0 Å². The van der Waals surface area contributed by atoms with Crippen molar-refractivity contribution in [2.45, 2.75) is 52.2 Å². The molecule has 1 aliphatic rings. The van der Waals surface area contributed by atoms with Crippen LogP contribution in [0.3, 0.4) is 0 Å². The summed E-state index contributed by atoms with van der Waals surface area (Å²) in [6, 6.07) is 7.61. The number of hydrogen-bond donors (Lipinski definition) is 1. The zero-order valence-corrected chi connectivity index (χ0v) is 16.3. The van der Waals surface area contributed by atoms with Crippen LogP contribution < -0.4 is 5.32 Å². The predicted molar refractivity (Wildman–Crippen MR) is 102 cm³/mol. The van der Waals surface area contributed by atoms with Crippen LogP contribution in [0.2, 0.25) is 0 Å². The number of carbonyl (C=O) groups excluding carboxylic acids is 1. The molecule has 146 valence electrons. The van der Waals surface area contributed by atoms with Gasteiger partial charge in [0, 0.05) is 36.8 Å². The summed E-state index contributed by atoms with van der Waals surface area (Å²) in [5.74, 6) is 0.852. The number of aromatic nitrogens is 1. The first kappa shape index (κ1) is 19.6. The lowest BCUT2D eigenvalue weighted by molar-refractivity contribution is -0.0392. The van der Waals surface area contributed by atoms with Crippen LogP contribution in [0, 0.1) is 13.8 Å². The molecule has 2 heterocycles. The number of hydrogen-bond acceptors (Lipinski definition) is 5. The van der Waals surface area contributed by atoms with Gasteiger partial charge in [-0.1, -0.05) is 30.3 Å². The van der Waals surface area contributed by atoms with Crippen molar-refractivity contribution >= 4 is 5.91 Å². The van der Waals surface area contributed by atoms with Crippen molar-refractivity contribution in [1.82, 2.24) is 10.5 Å². The molecule has 1 atom stereocenters. The molecule has 3 rings (SSSR count). The number of nitrogens with one attached hydrogen (secondary N) is 1. The van der Waals surface area contributed by atoms with Crippen molar-refractivity contribution in [3.8, 4) is 0 Å². The molecule has 0 radical (unpaired) electrons. The molecular formula is C21H28N2O4. The number of ether oxygens (including phenoxy) is 2. The summed E-state index contributed by atoms with van der Waals surface area (Å²) in [5.41, 5.74) is 3.51. The third kappa shape index (κ3) is 4.96. The molecule has 1 unspecified atom stereocenters. The van der Waals surface area contributed by atoms with Gasteiger partial charge in [-0.2, -0.15) is 0 Å². The van der Waals surface area contributed by atoms with E-state index in [9.17, 15) is 4.79 Å². The summed E-state index contributed by atoms with van der Waals surface area (Å²) >= 11 is 0. The Labute approximate surface area is 160 Å². The number of carbonyl (C=O) groups is 1. The fourth-order valence-corrected chi connectivity index (χ4v) is 3.55. The Kier molecular flexibility index (Phi) is 6.63. The summed E-state index contributed by atoms with van der Waals surface area (Å²) in [6.45, 7) is 8.33. The van der Waals surface area contributed by atoms with E-state index in [-0.39, 0.29) is 17.9 Å². The van der Waals surface area contributed by atoms with E-state index in [1.165, 1.54) is 0 Å². The summed E-state index contributed by atoms with van der Waals surface area (Å²) in [7, 11) is 0. The molecule has 1 aliphatic heterocycles. The smallest absolute Gasteiger partial charge is 0.251 e. The second-order valence-corrected chi connectivity index (χ2v) is 7.13. The van der Waals surface area contributed by atoms with E-state index in [4.69, 9.17) is 14.0 Å². The molecule has 27 heavy (non-hydrogen) atoms. The predicted octanol–water partition coefficient (Wildman–Crippen LogP) is 3.52. The Hall–Kier alpha value is -2.18. The number of nitrogens with zero attached hydrogens (tertiary/aromatic N) is 1. The maximum Gasteiger partial charge on any atom is 0.251 e. The van der Waals surface area contributed by atoms with Gasteiger partial charge in [0.25, 0.3) is 5.91 Å². The lowest BCUT2D eigenvalue weighted by atomic mass is 9.99. The molecule has 1 fully saturated rings. The Balaban J connectivity index is 1.59. The summed E-state index contributed by atoms with van der Waals surface area (Å²) in [4.78, 5) is 12.7. The van der Waals surface area contributed by atoms with E-state index < -0.39 is 0 Å². The first-order valence-corrected chi connectivity index (χ1v) is 9.54. The highest BCUT2D eigenvalue weighted by Crippen LogP contribution is 2.22. The molecule has 0 bridgehead atoms. The fraction of sp³-hybridized carbons (Fsp3) is 0.524. The normalized spacial score (nSPS) is 16.3. The van der Waals surface area contributed by atoms with Crippen LogP contribution in [-0.4, -0.2) is 36.9 Å². The van der Waals surface area contributed by atoms with Crippen LogP contribution in [0.4, 0.5) is 0 Å². The second kappa shape index (κ2) is 9.15. The quantitative estimate of drug-likeness (QED) is 0.805. The summed E-state index contributed by atoms with van der Waals surface area (Å²) in [5, 5.41) is 7.03. The Bertz CT molecular complexity index is 746. The third-order valence-electron chi connectivity index (χ3n) is 5.06. The Morgan fingerprint density at radius 1 is 1.30 bits per heavy atom. The maximum absolute atomic E-state index is 12.7. The molecule has 1 amide bonds. The first-order valence-electron chi connectivity index (χ1n) is 9.54. The third-order valence-corrected chi connectivity index (χ3v) is 5.06. The van der Waals surface area contributed by atoms with Crippen LogP contribution in [0.25, 0.3) is 0 Å². The van der Waals surface area contributed by atoms with Crippen LogP contribution in [-0.2, 0) is 16.1 Å². The highest BCUT2D eigenvalue weighted by Gasteiger charge is 2.19. The van der Waals surface area contributed by atoms with E-state index in [0.29, 0.717) is 18.7 Å². The van der Waals surface area contributed by atoms with Gasteiger partial charge in [0.15, 0.2) is 0 Å². The van der Waals surface area contributed by atoms with Crippen molar-refractivity contribution in [3.05, 3.63) is 52.4 Å². The number of amides is 1. The van der Waals surface area contributed by atoms with Gasteiger partial charge < -0.3 is 19.3 Å². The average Bonchev–Trinajstić information content (AvgIpc) is 3.03. The maximum atomic E-state index is 12.7. The minimum absolute atomic E-state index is 0.0835. The average molecular weight is 372 g/mol. The molecule has 0 spiro atoms. The van der Waals surface area contributed by atoms with E-state index in [2.05, 4.69) is 17.4 Å². The topological polar surface area (TPSA) is 73.6 Å². The standard InChI is InChI=1S/C21H28N2O4/c1-14(20-15(2)23-27-16(20)3)12-22-21(24)19-7-5-4-6-17(19)13-26-18-8-10-25-11-9-18/h4-7,14,18H,8-13H2,1-3H3,(H,22,24). The lowest BCUT2D eigenvalue weighted by Gasteiger charge is -2.23. The van der Waals surface area contributed by atoms with Crippen molar-refractivity contribution in [2.75, 3.05) is 19.8 Å². The molecule has 0 aliphatic carbocycles. The van der Waals surface area contributed by atoms with E-state index >= 15 is 0 Å². The van der Waals surface area contributed by atoms with E-state index in [0.717, 1.165) is 48.6 Å². The van der Waals surface area contributed by atoms with Gasteiger partial charge in [-0.05, 0) is 38.3 Å². The van der Waals surface area contributed by atoms with Gasteiger partial charge in [-0.25, -0.2) is 0 Å². The molecule has 6 nitrogen and oxygen atoms in total. The van der Waals surface area contributed by atoms with Crippen LogP contribution in [0.1, 0.15) is 58.6 Å². The number of rotatable bonds is 7. The highest BCUT2D eigenvalue weighted by molar-refractivity contribution is 5.95. The molecule has 1 saturated heterocycles. The summed E-state index contributed by atoms with van der Waals surface area (Å²) < 4.78 is 16.6. The van der Waals surface area contributed by atoms with Crippen molar-refractivity contribution < 1.29 is 18.8 Å². The molecule has 6 heteroatoms. The number of aryl methyl sites for hydroxylation is 2. The Morgan fingerprint density at radius 2 is 2.04 bits per heavy atom. The monoisotopic (exact) mass is 372 g/mol. The van der Waals surface area contributed by atoms with Gasteiger partial charge in [0.2, 0.25) is 0 Å². The van der Waals surface area contributed by atoms with Crippen molar-refractivity contribution in [2.24, 2.45) is 0 Å². The second-order valence-electron chi connectivity index (χ2n) is 7.13. The van der Waals surface area contributed by atoms with Gasteiger partial charge in [0.05, 0.1) is 18.4 Å². The minimum atomic E-state index is -0.0835. The van der Waals surface area contributed by atoms with Crippen molar-refractivity contribution in [1.29, 1.82) is 0 Å². The summed E-state index contributed by atoms with van der Waals surface area (Å²) in [6.07, 6.45) is 2.02. The van der Waals surface area contributed by atoms with Gasteiger partial charge in [-0.3, -0.25) is 4.79 Å². The first-order chi connectivity index (χ1) is 13.1. The van der Waals surface area contributed by atoms with Gasteiger partial charge in [0.1, 0.15) is 5.76 Å². The van der Waals surface area contributed by atoms with Crippen LogP contribution in [0.15, 0.2) is 28.8 Å². The molecule has 2 aromatic rings. The lowest BCUT2D eigenvalue weighted by Crippen LogP contribution is -2.29.